The molecule has 1 aliphatic rings. The highest BCUT2D eigenvalue weighted by Crippen LogP contribution is 2.41. The third kappa shape index (κ3) is 7.03. The standard InChI is InChI=1S/C25H30F3N3O4/c1-15-10-16(2)14-31(13-15)22-9-4-17(20(12-23(32)33)25(26,27)28)11-21(22)30-24(34)29-18-5-7-19(35-3)8-6-18/h4-9,11,15-16,20H,10,12-14H2,1-3H3,(H,32,33)(H2,29,30,34). The second-order valence-corrected chi connectivity index (χ2v) is 9.13. The van der Waals surface area contributed by atoms with Crippen molar-refractivity contribution in [3.05, 3.63) is 48.0 Å². The van der Waals surface area contributed by atoms with E-state index in [9.17, 15) is 22.8 Å². The van der Waals surface area contributed by atoms with Gasteiger partial charge >= 0.3 is 18.2 Å². The minimum atomic E-state index is -4.75. The maximum atomic E-state index is 13.7. The normalized spacial score (nSPS) is 19.1. The molecule has 190 valence electrons. The molecular weight excluding hydrogens is 463 g/mol. The molecule has 0 spiro atoms. The number of halogens is 3. The van der Waals surface area contributed by atoms with Crippen LogP contribution in [0.25, 0.3) is 0 Å². The van der Waals surface area contributed by atoms with E-state index < -0.39 is 30.5 Å². The number of benzene rings is 2. The minimum absolute atomic E-state index is 0.189. The fourth-order valence-electron chi connectivity index (χ4n) is 4.56. The Balaban J connectivity index is 1.94. The van der Waals surface area contributed by atoms with E-state index in [2.05, 4.69) is 24.5 Å². The lowest BCUT2D eigenvalue weighted by Gasteiger charge is -2.37. The second kappa shape index (κ2) is 10.9. The molecule has 7 nitrogen and oxygen atoms in total. The van der Waals surface area contributed by atoms with Crippen LogP contribution in [0.3, 0.4) is 0 Å². The number of nitrogens with zero attached hydrogens (tertiary/aromatic N) is 1. The molecule has 1 heterocycles. The number of carboxylic acid groups (broad SMARTS) is 1. The summed E-state index contributed by atoms with van der Waals surface area (Å²) < 4.78 is 46.1. The maximum absolute atomic E-state index is 13.7. The second-order valence-electron chi connectivity index (χ2n) is 9.13. The van der Waals surface area contributed by atoms with Crippen molar-refractivity contribution in [1.82, 2.24) is 0 Å². The molecule has 2 amide bonds. The fourth-order valence-corrected chi connectivity index (χ4v) is 4.56. The van der Waals surface area contributed by atoms with Crippen LogP contribution in [0.15, 0.2) is 42.5 Å². The van der Waals surface area contributed by atoms with Gasteiger partial charge in [0.25, 0.3) is 0 Å². The molecule has 35 heavy (non-hydrogen) atoms. The first-order valence-electron chi connectivity index (χ1n) is 11.4. The van der Waals surface area contributed by atoms with Crippen molar-refractivity contribution in [1.29, 1.82) is 0 Å². The van der Waals surface area contributed by atoms with E-state index >= 15 is 0 Å². The van der Waals surface area contributed by atoms with Gasteiger partial charge in [0.05, 0.1) is 30.8 Å². The summed E-state index contributed by atoms with van der Waals surface area (Å²) in [5.41, 5.74) is 1.03. The summed E-state index contributed by atoms with van der Waals surface area (Å²) in [7, 11) is 1.52. The van der Waals surface area contributed by atoms with E-state index in [1.165, 1.54) is 25.3 Å². The Morgan fingerprint density at radius 2 is 1.71 bits per heavy atom. The molecule has 0 aliphatic carbocycles. The predicted octanol–water partition coefficient (Wildman–Crippen LogP) is 5.94. The number of carboxylic acids is 1. The summed E-state index contributed by atoms with van der Waals surface area (Å²) in [4.78, 5) is 25.9. The Hall–Kier alpha value is -3.43. The summed E-state index contributed by atoms with van der Waals surface area (Å²) in [6.07, 6.45) is -4.82. The first-order valence-corrected chi connectivity index (χ1v) is 11.4. The van der Waals surface area contributed by atoms with Crippen LogP contribution in [0, 0.1) is 11.8 Å². The Kier molecular flexibility index (Phi) is 8.14. The molecule has 1 aliphatic heterocycles. The average molecular weight is 494 g/mol. The lowest BCUT2D eigenvalue weighted by molar-refractivity contribution is -0.163. The number of carbonyl (C=O) groups excluding carboxylic acids is 1. The molecule has 1 saturated heterocycles. The summed E-state index contributed by atoms with van der Waals surface area (Å²) in [5.74, 6) is -2.40. The van der Waals surface area contributed by atoms with Gasteiger partial charge in [0.2, 0.25) is 0 Å². The van der Waals surface area contributed by atoms with E-state index in [1.54, 1.807) is 24.3 Å². The molecule has 2 aromatic carbocycles. The third-order valence-corrected chi connectivity index (χ3v) is 6.00. The van der Waals surface area contributed by atoms with Gasteiger partial charge in [-0.1, -0.05) is 19.9 Å². The van der Waals surface area contributed by atoms with Crippen molar-refractivity contribution in [2.75, 3.05) is 35.7 Å². The van der Waals surface area contributed by atoms with E-state index in [1.807, 2.05) is 4.90 Å². The lowest BCUT2D eigenvalue weighted by Crippen LogP contribution is -2.39. The number of methoxy groups -OCH3 is 1. The monoisotopic (exact) mass is 493 g/mol. The lowest BCUT2D eigenvalue weighted by atomic mass is 9.90. The number of hydrogen-bond acceptors (Lipinski definition) is 4. The van der Waals surface area contributed by atoms with Gasteiger partial charge in [-0.05, 0) is 60.2 Å². The topological polar surface area (TPSA) is 90.9 Å². The smallest absolute Gasteiger partial charge is 0.396 e. The molecule has 3 N–H and O–H groups in total. The molecule has 10 heteroatoms. The number of hydrogen-bond donors (Lipinski definition) is 3. The fraction of sp³-hybridized carbons (Fsp3) is 0.440. The van der Waals surface area contributed by atoms with Crippen LogP contribution < -0.4 is 20.3 Å². The van der Waals surface area contributed by atoms with Gasteiger partial charge in [-0.25, -0.2) is 4.79 Å². The van der Waals surface area contributed by atoms with Crippen LogP contribution in [0.2, 0.25) is 0 Å². The molecule has 2 aromatic rings. The summed E-state index contributed by atoms with van der Waals surface area (Å²) in [6, 6.07) is 10.0. The van der Waals surface area contributed by atoms with E-state index in [-0.39, 0.29) is 11.3 Å². The van der Waals surface area contributed by atoms with Crippen LogP contribution in [0.4, 0.5) is 35.0 Å². The van der Waals surface area contributed by atoms with Gasteiger partial charge < -0.3 is 25.4 Å². The molecule has 3 rings (SSSR count). The molecule has 0 saturated carbocycles. The van der Waals surface area contributed by atoms with Gasteiger partial charge in [0, 0.05) is 18.8 Å². The highest BCUT2D eigenvalue weighted by atomic mass is 19.4. The minimum Gasteiger partial charge on any atom is -0.497 e. The van der Waals surface area contributed by atoms with Gasteiger partial charge in [0.1, 0.15) is 5.75 Å². The van der Waals surface area contributed by atoms with E-state index in [4.69, 9.17) is 9.84 Å². The van der Waals surface area contributed by atoms with Gasteiger partial charge in [-0.3, -0.25) is 4.79 Å². The Morgan fingerprint density at radius 3 is 2.26 bits per heavy atom. The van der Waals surface area contributed by atoms with Crippen LogP contribution in [-0.4, -0.2) is 43.5 Å². The zero-order valence-electron chi connectivity index (χ0n) is 19.9. The van der Waals surface area contributed by atoms with Gasteiger partial charge in [0.15, 0.2) is 0 Å². The Labute approximate surface area is 202 Å². The summed E-state index contributed by atoms with van der Waals surface area (Å²) in [5, 5.41) is 14.4. The van der Waals surface area contributed by atoms with Crippen LogP contribution >= 0.6 is 0 Å². The molecule has 0 bridgehead atoms. The number of anilines is 3. The number of alkyl halides is 3. The SMILES string of the molecule is COc1ccc(NC(=O)Nc2cc(C(CC(=O)O)C(F)(F)F)ccc2N2CC(C)CC(C)C2)cc1. The first kappa shape index (κ1) is 26.2. The van der Waals surface area contributed by atoms with Crippen LogP contribution in [-0.2, 0) is 4.79 Å². The average Bonchev–Trinajstić information content (AvgIpc) is 2.76. The molecule has 3 atom stereocenters. The number of rotatable bonds is 7. The molecule has 3 unspecified atom stereocenters. The van der Waals surface area contributed by atoms with Crippen molar-refractivity contribution < 1.29 is 32.6 Å². The molecule has 1 fully saturated rings. The largest absolute Gasteiger partial charge is 0.497 e. The number of amides is 2. The summed E-state index contributed by atoms with van der Waals surface area (Å²) in [6.45, 7) is 5.59. The van der Waals surface area contributed by atoms with Crippen molar-refractivity contribution in [2.45, 2.75) is 38.8 Å². The third-order valence-electron chi connectivity index (χ3n) is 6.00. The Bertz CT molecular complexity index is 1030. The number of urea groups is 1. The predicted molar refractivity (Wildman–Crippen MR) is 128 cm³/mol. The quantitative estimate of drug-likeness (QED) is 0.444. The summed E-state index contributed by atoms with van der Waals surface area (Å²) >= 11 is 0. The van der Waals surface area contributed by atoms with Gasteiger partial charge in [-0.2, -0.15) is 13.2 Å². The number of nitrogens with one attached hydrogen (secondary N) is 2. The molecule has 0 aromatic heterocycles. The first-order chi connectivity index (χ1) is 16.5. The number of carbonyl (C=O) groups is 2. The molecular formula is C25H30F3N3O4. The zero-order chi connectivity index (χ0) is 25.8. The van der Waals surface area contributed by atoms with Crippen molar-refractivity contribution in [2.24, 2.45) is 11.8 Å². The van der Waals surface area contributed by atoms with E-state index in [0.29, 0.717) is 42.0 Å². The van der Waals surface area contributed by atoms with Crippen LogP contribution in [0.1, 0.15) is 38.2 Å². The van der Waals surface area contributed by atoms with E-state index in [0.717, 1.165) is 6.42 Å². The van der Waals surface area contributed by atoms with Gasteiger partial charge in [-0.15, -0.1) is 0 Å². The van der Waals surface area contributed by atoms with Crippen molar-refractivity contribution in [3.63, 3.8) is 0 Å². The highest BCUT2D eigenvalue weighted by Gasteiger charge is 2.42. The van der Waals surface area contributed by atoms with Crippen molar-refractivity contribution in [3.8, 4) is 5.75 Å². The van der Waals surface area contributed by atoms with Crippen molar-refractivity contribution >= 4 is 29.1 Å². The Morgan fingerprint density at radius 1 is 1.09 bits per heavy atom. The number of piperidine rings is 1. The molecule has 0 radical (unpaired) electrons. The maximum Gasteiger partial charge on any atom is 0.396 e. The number of ether oxygens (including phenoxy) is 1. The van der Waals surface area contributed by atoms with Crippen LogP contribution in [0.5, 0.6) is 5.75 Å². The number of aliphatic carboxylic acids is 1. The highest BCUT2D eigenvalue weighted by molar-refractivity contribution is 6.02. The zero-order valence-corrected chi connectivity index (χ0v) is 19.9.